The van der Waals surface area contributed by atoms with E-state index in [2.05, 4.69) is 30.8 Å². The van der Waals surface area contributed by atoms with Gasteiger partial charge in [0.25, 0.3) is 0 Å². The van der Waals surface area contributed by atoms with Crippen molar-refractivity contribution in [3.8, 4) is 0 Å². The van der Waals surface area contributed by atoms with E-state index in [1.54, 1.807) is 12.4 Å². The third-order valence-electron chi connectivity index (χ3n) is 3.34. The molecule has 0 aliphatic carbocycles. The van der Waals surface area contributed by atoms with Crippen molar-refractivity contribution in [3.63, 3.8) is 0 Å². The Morgan fingerprint density at radius 1 is 1.00 bits per heavy atom. The van der Waals surface area contributed by atoms with Gasteiger partial charge >= 0.3 is 0 Å². The Morgan fingerprint density at radius 2 is 1.92 bits per heavy atom. The van der Waals surface area contributed by atoms with Crippen molar-refractivity contribution in [1.29, 1.82) is 0 Å². The highest BCUT2D eigenvalue weighted by Crippen LogP contribution is 2.11. The second kappa shape index (κ2) is 8.21. The zero-order valence-corrected chi connectivity index (χ0v) is 13.7. The van der Waals surface area contributed by atoms with Gasteiger partial charge in [0.05, 0.1) is 6.20 Å². The van der Waals surface area contributed by atoms with Crippen LogP contribution >= 0.6 is 11.6 Å². The minimum absolute atomic E-state index is 0.494. The lowest BCUT2D eigenvalue weighted by atomic mass is 10.1. The monoisotopic (exact) mass is 340 g/mol. The number of benzene rings is 1. The van der Waals surface area contributed by atoms with E-state index in [-0.39, 0.29) is 0 Å². The number of pyridine rings is 1. The van der Waals surface area contributed by atoms with E-state index in [1.165, 1.54) is 0 Å². The molecule has 0 bridgehead atoms. The van der Waals surface area contributed by atoms with Gasteiger partial charge in [0, 0.05) is 30.5 Å². The highest BCUT2D eigenvalue weighted by atomic mass is 35.5. The van der Waals surface area contributed by atoms with Crippen molar-refractivity contribution in [2.45, 2.75) is 13.0 Å². The molecular weight excluding hydrogens is 324 g/mol. The molecule has 0 radical (unpaired) electrons. The summed E-state index contributed by atoms with van der Waals surface area (Å²) in [5.74, 6) is 1.16. The smallest absolute Gasteiger partial charge is 0.244 e. The zero-order valence-electron chi connectivity index (χ0n) is 13.0. The Bertz CT molecular complexity index is 781. The van der Waals surface area contributed by atoms with Crippen molar-refractivity contribution in [2.75, 3.05) is 17.2 Å². The molecule has 2 heterocycles. The lowest BCUT2D eigenvalue weighted by Gasteiger charge is -2.08. The summed E-state index contributed by atoms with van der Waals surface area (Å²) in [6.07, 6.45) is 5.99. The van der Waals surface area contributed by atoms with E-state index in [9.17, 15) is 0 Å². The molecule has 1 aromatic carbocycles. The molecule has 0 amide bonds. The van der Waals surface area contributed by atoms with E-state index in [1.807, 2.05) is 42.6 Å². The molecule has 0 saturated heterocycles. The summed E-state index contributed by atoms with van der Waals surface area (Å²) in [7, 11) is 0. The summed E-state index contributed by atoms with van der Waals surface area (Å²) in [6.45, 7) is 1.34. The summed E-state index contributed by atoms with van der Waals surface area (Å²) < 4.78 is 0. The molecule has 2 aromatic heterocycles. The van der Waals surface area contributed by atoms with Crippen LogP contribution in [0.3, 0.4) is 0 Å². The van der Waals surface area contributed by atoms with Crippen LogP contribution in [0.15, 0.2) is 55.0 Å². The normalized spacial score (nSPS) is 10.4. The van der Waals surface area contributed by atoms with Crippen molar-refractivity contribution < 1.29 is 0 Å². The van der Waals surface area contributed by atoms with Gasteiger partial charge in [-0.3, -0.25) is 4.98 Å². The maximum Gasteiger partial charge on any atom is 0.244 e. The van der Waals surface area contributed by atoms with E-state index >= 15 is 0 Å². The van der Waals surface area contributed by atoms with Crippen LogP contribution in [-0.2, 0) is 13.0 Å². The Kier molecular flexibility index (Phi) is 5.52. The molecule has 0 aliphatic rings. The van der Waals surface area contributed by atoms with Gasteiger partial charge < -0.3 is 10.6 Å². The van der Waals surface area contributed by atoms with Crippen LogP contribution in [0.1, 0.15) is 11.1 Å². The zero-order chi connectivity index (χ0) is 16.6. The van der Waals surface area contributed by atoms with Crippen molar-refractivity contribution in [3.05, 3.63) is 71.1 Å². The standard InChI is InChI=1S/C17H17ClN6/c18-15-5-1-3-13(9-15)6-8-20-17-23-16(12-22-24-17)21-11-14-4-2-7-19-10-14/h1-5,7,9-10,12H,6,8,11H2,(H2,20,21,23,24). The van der Waals surface area contributed by atoms with Gasteiger partial charge in [0.2, 0.25) is 5.95 Å². The SMILES string of the molecule is Clc1cccc(CCNc2nncc(NCc3cccnc3)n2)c1. The number of rotatable bonds is 7. The van der Waals surface area contributed by atoms with Crippen LogP contribution in [0, 0.1) is 0 Å². The first kappa shape index (κ1) is 16.1. The molecular formula is C17H17ClN6. The molecule has 3 rings (SSSR count). The molecule has 7 heteroatoms. The minimum Gasteiger partial charge on any atom is -0.364 e. The van der Waals surface area contributed by atoms with Crippen LogP contribution < -0.4 is 10.6 Å². The van der Waals surface area contributed by atoms with Gasteiger partial charge in [0.1, 0.15) is 0 Å². The van der Waals surface area contributed by atoms with E-state index in [4.69, 9.17) is 11.6 Å². The summed E-state index contributed by atoms with van der Waals surface area (Å²) in [4.78, 5) is 8.47. The first-order valence-electron chi connectivity index (χ1n) is 7.60. The highest BCUT2D eigenvalue weighted by molar-refractivity contribution is 6.30. The maximum absolute atomic E-state index is 5.98. The van der Waals surface area contributed by atoms with E-state index in [0.717, 1.165) is 22.6 Å². The van der Waals surface area contributed by atoms with E-state index < -0.39 is 0 Å². The largest absolute Gasteiger partial charge is 0.364 e. The van der Waals surface area contributed by atoms with Crippen molar-refractivity contribution >= 4 is 23.4 Å². The van der Waals surface area contributed by atoms with Crippen LogP contribution in [0.4, 0.5) is 11.8 Å². The summed E-state index contributed by atoms with van der Waals surface area (Å²) in [6, 6.07) is 11.7. The Balaban J connectivity index is 1.51. The quantitative estimate of drug-likeness (QED) is 0.688. The molecule has 0 spiro atoms. The second-order valence-corrected chi connectivity index (χ2v) is 5.62. The van der Waals surface area contributed by atoms with Crippen molar-refractivity contribution in [2.24, 2.45) is 0 Å². The minimum atomic E-state index is 0.494. The summed E-state index contributed by atoms with van der Waals surface area (Å²) in [5, 5.41) is 15.1. The average molecular weight is 341 g/mol. The number of hydrogen-bond donors (Lipinski definition) is 2. The molecule has 0 fully saturated rings. The van der Waals surface area contributed by atoms with Gasteiger partial charge in [-0.15, -0.1) is 5.10 Å². The topological polar surface area (TPSA) is 75.6 Å². The number of halogens is 1. The van der Waals surface area contributed by atoms with Gasteiger partial charge in [-0.2, -0.15) is 10.1 Å². The molecule has 0 atom stereocenters. The van der Waals surface area contributed by atoms with Gasteiger partial charge in [-0.05, 0) is 35.7 Å². The second-order valence-electron chi connectivity index (χ2n) is 5.19. The Morgan fingerprint density at radius 3 is 2.75 bits per heavy atom. The first-order valence-corrected chi connectivity index (χ1v) is 7.98. The van der Waals surface area contributed by atoms with Crippen LogP contribution in [-0.4, -0.2) is 26.7 Å². The van der Waals surface area contributed by atoms with Gasteiger partial charge in [0.15, 0.2) is 5.82 Å². The molecule has 2 N–H and O–H groups in total. The van der Waals surface area contributed by atoms with Gasteiger partial charge in [-0.1, -0.05) is 29.8 Å². The molecule has 24 heavy (non-hydrogen) atoms. The lowest BCUT2D eigenvalue weighted by molar-refractivity contribution is 0.920. The fraction of sp³-hybridized carbons (Fsp3) is 0.176. The molecule has 122 valence electrons. The number of anilines is 2. The predicted molar refractivity (Wildman–Crippen MR) is 95.0 cm³/mol. The molecule has 6 nitrogen and oxygen atoms in total. The maximum atomic E-state index is 5.98. The Hall–Kier alpha value is -2.73. The molecule has 0 unspecified atom stereocenters. The number of nitrogens with one attached hydrogen (secondary N) is 2. The Labute approximate surface area is 145 Å². The fourth-order valence-electron chi connectivity index (χ4n) is 2.17. The van der Waals surface area contributed by atoms with E-state index in [0.29, 0.717) is 24.9 Å². The van der Waals surface area contributed by atoms with Crippen LogP contribution in [0.5, 0.6) is 0 Å². The fourth-order valence-corrected chi connectivity index (χ4v) is 2.38. The number of hydrogen-bond acceptors (Lipinski definition) is 6. The van der Waals surface area contributed by atoms with Gasteiger partial charge in [-0.25, -0.2) is 0 Å². The average Bonchev–Trinajstić information content (AvgIpc) is 2.61. The molecule has 0 aliphatic heterocycles. The van der Waals surface area contributed by atoms with Crippen LogP contribution in [0.25, 0.3) is 0 Å². The van der Waals surface area contributed by atoms with Crippen molar-refractivity contribution in [1.82, 2.24) is 20.2 Å². The lowest BCUT2D eigenvalue weighted by Crippen LogP contribution is -2.10. The molecule has 0 saturated carbocycles. The third-order valence-corrected chi connectivity index (χ3v) is 3.58. The highest BCUT2D eigenvalue weighted by Gasteiger charge is 2.01. The third kappa shape index (κ3) is 4.89. The van der Waals surface area contributed by atoms with Crippen LogP contribution in [0.2, 0.25) is 5.02 Å². The number of aromatic nitrogens is 4. The summed E-state index contributed by atoms with van der Waals surface area (Å²) >= 11 is 5.98. The number of nitrogens with zero attached hydrogens (tertiary/aromatic N) is 4. The first-order chi connectivity index (χ1) is 11.8. The molecule has 3 aromatic rings. The predicted octanol–water partition coefficient (Wildman–Crippen LogP) is 3.19. The summed E-state index contributed by atoms with van der Waals surface area (Å²) in [5.41, 5.74) is 2.24.